The van der Waals surface area contributed by atoms with E-state index >= 15 is 0 Å². The lowest BCUT2D eigenvalue weighted by atomic mass is 10.2. The highest BCUT2D eigenvalue weighted by Gasteiger charge is 2.24. The highest BCUT2D eigenvalue weighted by Crippen LogP contribution is 2.31. The van der Waals surface area contributed by atoms with E-state index < -0.39 is 0 Å². The normalized spacial score (nSPS) is 13.6. The van der Waals surface area contributed by atoms with Crippen LogP contribution in [0.2, 0.25) is 5.15 Å². The maximum Gasteiger partial charge on any atom is 0.242 e. The summed E-state index contributed by atoms with van der Waals surface area (Å²) in [4.78, 5) is 20.1. The molecular weight excluding hydrogens is 250 g/mol. The Morgan fingerprint density at radius 1 is 1.50 bits per heavy atom. The molecule has 0 fully saturated rings. The van der Waals surface area contributed by atoms with Gasteiger partial charge in [-0.15, -0.1) is 0 Å². The Balaban J connectivity index is 2.10. The number of nitrogens with zero attached hydrogens (tertiary/aromatic N) is 3. The van der Waals surface area contributed by atoms with E-state index in [1.807, 2.05) is 24.8 Å². The molecule has 18 heavy (non-hydrogen) atoms. The predicted molar refractivity (Wildman–Crippen MR) is 73.1 cm³/mol. The summed E-state index contributed by atoms with van der Waals surface area (Å²) < 4.78 is 0. The topological polar surface area (TPSA) is 36.4 Å². The molecule has 0 unspecified atom stereocenters. The van der Waals surface area contributed by atoms with Gasteiger partial charge in [-0.2, -0.15) is 0 Å². The zero-order chi connectivity index (χ0) is 13.1. The highest BCUT2D eigenvalue weighted by atomic mass is 35.5. The zero-order valence-corrected chi connectivity index (χ0v) is 11.6. The fourth-order valence-corrected chi connectivity index (χ4v) is 2.60. The fourth-order valence-electron chi connectivity index (χ4n) is 2.36. The third kappa shape index (κ3) is 2.43. The lowest BCUT2D eigenvalue weighted by Gasteiger charge is -2.24. The van der Waals surface area contributed by atoms with E-state index in [9.17, 15) is 4.79 Å². The first-order chi connectivity index (χ1) is 8.67. The minimum absolute atomic E-state index is 0.167. The predicted octanol–water partition coefficient (Wildman–Crippen LogP) is 1.97. The summed E-state index contributed by atoms with van der Waals surface area (Å²) in [6, 6.07) is 1.93. The summed E-state index contributed by atoms with van der Waals surface area (Å²) in [6.07, 6.45) is 2.56. The number of halogens is 1. The van der Waals surface area contributed by atoms with Crippen molar-refractivity contribution in [1.29, 1.82) is 0 Å². The van der Waals surface area contributed by atoms with Crippen molar-refractivity contribution in [3.05, 3.63) is 23.0 Å². The summed E-state index contributed by atoms with van der Waals surface area (Å²) in [5.74, 6) is 0.167. The largest absolute Gasteiger partial charge is 0.362 e. The molecule has 1 aliphatic rings. The van der Waals surface area contributed by atoms with E-state index in [-0.39, 0.29) is 5.91 Å². The quantitative estimate of drug-likeness (QED) is 0.783. The Morgan fingerprint density at radius 3 is 2.89 bits per heavy atom. The molecule has 1 aromatic heterocycles. The first-order valence-corrected chi connectivity index (χ1v) is 6.71. The van der Waals surface area contributed by atoms with Crippen molar-refractivity contribution in [3.8, 4) is 0 Å². The lowest BCUT2D eigenvalue weighted by Crippen LogP contribution is -2.39. The van der Waals surface area contributed by atoms with Crippen LogP contribution in [0.5, 0.6) is 0 Å². The van der Waals surface area contributed by atoms with Crippen LogP contribution in [0.3, 0.4) is 0 Å². The van der Waals surface area contributed by atoms with Crippen LogP contribution in [0.25, 0.3) is 0 Å². The molecule has 1 aromatic rings. The Bertz CT molecular complexity index is 446. The minimum Gasteiger partial charge on any atom is -0.362 e. The molecule has 2 heterocycles. The van der Waals surface area contributed by atoms with Crippen LogP contribution in [0.4, 0.5) is 5.69 Å². The highest BCUT2D eigenvalue weighted by molar-refractivity contribution is 6.30. The molecular formula is C13H18ClN3O. The van der Waals surface area contributed by atoms with Gasteiger partial charge in [0.1, 0.15) is 5.15 Å². The van der Waals surface area contributed by atoms with Crippen LogP contribution in [-0.4, -0.2) is 42.0 Å². The van der Waals surface area contributed by atoms with Crippen LogP contribution in [-0.2, 0) is 11.2 Å². The number of pyridine rings is 1. The van der Waals surface area contributed by atoms with Gasteiger partial charge in [-0.1, -0.05) is 11.6 Å². The van der Waals surface area contributed by atoms with Crippen molar-refractivity contribution in [1.82, 2.24) is 9.88 Å². The first kappa shape index (κ1) is 13.1. The van der Waals surface area contributed by atoms with Crippen molar-refractivity contribution >= 4 is 23.2 Å². The lowest BCUT2D eigenvalue weighted by molar-refractivity contribution is -0.129. The van der Waals surface area contributed by atoms with Gasteiger partial charge >= 0.3 is 0 Å². The molecule has 0 radical (unpaired) electrons. The molecule has 0 spiro atoms. The molecule has 1 amide bonds. The average Bonchev–Trinajstić information content (AvgIpc) is 2.76. The number of rotatable bonds is 4. The Labute approximate surface area is 113 Å². The van der Waals surface area contributed by atoms with Gasteiger partial charge in [0.25, 0.3) is 0 Å². The summed E-state index contributed by atoms with van der Waals surface area (Å²) in [5, 5.41) is 0.560. The Morgan fingerprint density at radius 2 is 2.22 bits per heavy atom. The van der Waals surface area contributed by atoms with Crippen LogP contribution >= 0.6 is 11.6 Å². The van der Waals surface area contributed by atoms with Gasteiger partial charge in [0, 0.05) is 37.1 Å². The van der Waals surface area contributed by atoms with Crippen molar-refractivity contribution in [3.63, 3.8) is 0 Å². The number of hydrogen-bond acceptors (Lipinski definition) is 3. The Kier molecular flexibility index (Phi) is 4.07. The number of fused-ring (bicyclic) bond motifs is 1. The summed E-state index contributed by atoms with van der Waals surface area (Å²) >= 11 is 6.06. The van der Waals surface area contributed by atoms with Crippen LogP contribution < -0.4 is 4.90 Å². The zero-order valence-electron chi connectivity index (χ0n) is 10.8. The van der Waals surface area contributed by atoms with Gasteiger partial charge in [0.2, 0.25) is 5.91 Å². The van der Waals surface area contributed by atoms with Crippen LogP contribution in [0.15, 0.2) is 12.3 Å². The second-order valence-corrected chi connectivity index (χ2v) is 4.70. The van der Waals surface area contributed by atoms with Crippen molar-refractivity contribution in [2.24, 2.45) is 0 Å². The van der Waals surface area contributed by atoms with Gasteiger partial charge in [-0.25, -0.2) is 4.98 Å². The molecule has 0 bridgehead atoms. The van der Waals surface area contributed by atoms with Gasteiger partial charge < -0.3 is 9.80 Å². The smallest absolute Gasteiger partial charge is 0.242 e. The number of carbonyl (C=O) groups is 1. The molecule has 0 N–H and O–H groups in total. The maximum absolute atomic E-state index is 12.1. The van der Waals surface area contributed by atoms with Gasteiger partial charge in [-0.05, 0) is 26.3 Å². The molecule has 4 nitrogen and oxygen atoms in total. The first-order valence-electron chi connectivity index (χ1n) is 6.33. The fraction of sp³-hybridized carbons (Fsp3) is 0.538. The van der Waals surface area contributed by atoms with Gasteiger partial charge in [0.15, 0.2) is 0 Å². The molecule has 5 heteroatoms. The van der Waals surface area contributed by atoms with E-state index in [0.29, 0.717) is 11.7 Å². The summed E-state index contributed by atoms with van der Waals surface area (Å²) in [5.41, 5.74) is 2.11. The molecule has 0 aromatic carbocycles. The van der Waals surface area contributed by atoms with Crippen molar-refractivity contribution in [2.75, 3.05) is 31.1 Å². The molecule has 2 rings (SSSR count). The third-order valence-electron chi connectivity index (χ3n) is 3.39. The van der Waals surface area contributed by atoms with E-state index in [0.717, 1.165) is 37.3 Å². The van der Waals surface area contributed by atoms with E-state index in [4.69, 9.17) is 11.6 Å². The second-order valence-electron chi connectivity index (χ2n) is 4.34. The number of anilines is 1. The number of likely N-dealkylation sites (N-methyl/N-ethyl adjacent to an activating group) is 1. The second kappa shape index (κ2) is 5.57. The summed E-state index contributed by atoms with van der Waals surface area (Å²) in [6.45, 7) is 6.78. The minimum atomic E-state index is 0.167. The Hall–Kier alpha value is -1.29. The maximum atomic E-state index is 12.1. The monoisotopic (exact) mass is 267 g/mol. The summed E-state index contributed by atoms with van der Waals surface area (Å²) in [7, 11) is 0. The SMILES string of the molecule is CCN(CC)C(=O)CN1CCc2c1ccnc2Cl. The van der Waals surface area contributed by atoms with Crippen LogP contribution in [0.1, 0.15) is 19.4 Å². The van der Waals surface area contributed by atoms with E-state index in [1.54, 1.807) is 6.20 Å². The van der Waals surface area contributed by atoms with Gasteiger partial charge in [-0.3, -0.25) is 4.79 Å². The standard InChI is InChI=1S/C13H18ClN3O/c1-3-16(4-2)12(18)9-17-8-6-10-11(17)5-7-15-13(10)14/h5,7H,3-4,6,8-9H2,1-2H3. The molecule has 0 saturated carbocycles. The van der Waals surface area contributed by atoms with Crippen molar-refractivity contribution in [2.45, 2.75) is 20.3 Å². The van der Waals surface area contributed by atoms with E-state index in [1.165, 1.54) is 0 Å². The molecule has 0 atom stereocenters. The van der Waals surface area contributed by atoms with E-state index in [2.05, 4.69) is 9.88 Å². The number of aromatic nitrogens is 1. The number of amides is 1. The van der Waals surface area contributed by atoms with Crippen molar-refractivity contribution < 1.29 is 4.79 Å². The average molecular weight is 268 g/mol. The number of hydrogen-bond donors (Lipinski definition) is 0. The van der Waals surface area contributed by atoms with Gasteiger partial charge in [0.05, 0.1) is 6.54 Å². The molecule has 1 aliphatic heterocycles. The number of carbonyl (C=O) groups excluding carboxylic acids is 1. The molecule has 0 aliphatic carbocycles. The third-order valence-corrected chi connectivity index (χ3v) is 3.72. The molecule has 0 saturated heterocycles. The molecule has 98 valence electrons. The van der Waals surface area contributed by atoms with Crippen LogP contribution in [0, 0.1) is 0 Å².